The van der Waals surface area contributed by atoms with Crippen LogP contribution in [0.25, 0.3) is 0 Å². The second kappa shape index (κ2) is 4.43. The second-order valence-corrected chi connectivity index (χ2v) is 5.18. The predicted molar refractivity (Wildman–Crippen MR) is 55.8 cm³/mol. The maximum atomic E-state index is 9.19. The molecule has 1 heterocycles. The smallest absolute Gasteiger partial charge is 0.0524 e. The molecule has 0 bridgehead atoms. The van der Waals surface area contributed by atoms with Crippen molar-refractivity contribution >= 4 is 0 Å². The Morgan fingerprint density at radius 1 is 1.46 bits per heavy atom. The summed E-state index contributed by atoms with van der Waals surface area (Å²) in [7, 11) is 0. The van der Waals surface area contributed by atoms with Gasteiger partial charge in [0.15, 0.2) is 0 Å². The van der Waals surface area contributed by atoms with Gasteiger partial charge < -0.3 is 10.0 Å². The first-order valence-corrected chi connectivity index (χ1v) is 5.40. The minimum Gasteiger partial charge on any atom is -0.393 e. The number of aliphatic hydroxyl groups is 1. The minimum absolute atomic E-state index is 0.148. The van der Waals surface area contributed by atoms with Crippen molar-refractivity contribution in [3.8, 4) is 0 Å². The van der Waals surface area contributed by atoms with E-state index in [-0.39, 0.29) is 6.10 Å². The van der Waals surface area contributed by atoms with E-state index in [1.807, 2.05) is 6.92 Å². The summed E-state index contributed by atoms with van der Waals surface area (Å²) in [6.45, 7) is 10.0. The maximum Gasteiger partial charge on any atom is 0.0524 e. The third-order valence-corrected chi connectivity index (χ3v) is 2.84. The van der Waals surface area contributed by atoms with E-state index < -0.39 is 0 Å². The Balaban J connectivity index is 2.26. The summed E-state index contributed by atoms with van der Waals surface area (Å²) in [6.07, 6.45) is 3.42. The van der Waals surface area contributed by atoms with Gasteiger partial charge >= 0.3 is 0 Å². The second-order valence-electron chi connectivity index (χ2n) is 5.18. The van der Waals surface area contributed by atoms with Crippen molar-refractivity contribution in [1.82, 2.24) is 4.90 Å². The first kappa shape index (κ1) is 11.0. The van der Waals surface area contributed by atoms with Gasteiger partial charge in [0, 0.05) is 13.1 Å². The van der Waals surface area contributed by atoms with Crippen molar-refractivity contribution < 1.29 is 5.11 Å². The standard InChI is InChI=1S/C11H23NO/c1-10(13)5-8-12-7-4-6-11(2,3)9-12/h10,13H,4-9H2,1-3H3. The molecule has 1 saturated heterocycles. The van der Waals surface area contributed by atoms with Gasteiger partial charge in [0.25, 0.3) is 0 Å². The van der Waals surface area contributed by atoms with Gasteiger partial charge in [-0.05, 0) is 38.1 Å². The number of likely N-dealkylation sites (tertiary alicyclic amines) is 1. The van der Waals surface area contributed by atoms with Crippen LogP contribution < -0.4 is 0 Å². The Morgan fingerprint density at radius 2 is 2.15 bits per heavy atom. The quantitative estimate of drug-likeness (QED) is 0.725. The Labute approximate surface area is 81.9 Å². The van der Waals surface area contributed by atoms with Gasteiger partial charge in [0.1, 0.15) is 0 Å². The Bertz CT molecular complexity index is 154. The normalized spacial score (nSPS) is 25.8. The molecule has 0 aromatic heterocycles. The van der Waals surface area contributed by atoms with Crippen LogP contribution in [-0.4, -0.2) is 35.7 Å². The van der Waals surface area contributed by atoms with Crippen LogP contribution in [0.1, 0.15) is 40.0 Å². The van der Waals surface area contributed by atoms with E-state index in [9.17, 15) is 5.11 Å². The zero-order chi connectivity index (χ0) is 9.90. The number of hydrogen-bond donors (Lipinski definition) is 1. The van der Waals surface area contributed by atoms with Gasteiger partial charge in [0.2, 0.25) is 0 Å². The van der Waals surface area contributed by atoms with Crippen LogP contribution in [-0.2, 0) is 0 Å². The van der Waals surface area contributed by atoms with Crippen molar-refractivity contribution in [2.45, 2.75) is 46.1 Å². The number of hydrogen-bond acceptors (Lipinski definition) is 2. The number of rotatable bonds is 3. The van der Waals surface area contributed by atoms with Gasteiger partial charge in [-0.25, -0.2) is 0 Å². The molecule has 0 radical (unpaired) electrons. The molecular weight excluding hydrogens is 162 g/mol. The summed E-state index contributed by atoms with van der Waals surface area (Å²) >= 11 is 0. The topological polar surface area (TPSA) is 23.5 Å². The molecule has 0 aromatic rings. The largest absolute Gasteiger partial charge is 0.393 e. The summed E-state index contributed by atoms with van der Waals surface area (Å²) in [5.41, 5.74) is 0.483. The molecule has 1 rings (SSSR count). The Hall–Kier alpha value is -0.0800. The molecule has 1 atom stereocenters. The zero-order valence-electron chi connectivity index (χ0n) is 9.21. The summed E-state index contributed by atoms with van der Waals surface area (Å²) < 4.78 is 0. The lowest BCUT2D eigenvalue weighted by molar-refractivity contribution is 0.0949. The number of piperidine rings is 1. The van der Waals surface area contributed by atoms with Gasteiger partial charge in [-0.15, -0.1) is 0 Å². The zero-order valence-corrected chi connectivity index (χ0v) is 9.21. The van der Waals surface area contributed by atoms with E-state index in [4.69, 9.17) is 0 Å². The van der Waals surface area contributed by atoms with Crippen LogP contribution in [0.4, 0.5) is 0 Å². The van der Waals surface area contributed by atoms with E-state index in [2.05, 4.69) is 18.7 Å². The number of aliphatic hydroxyl groups excluding tert-OH is 1. The van der Waals surface area contributed by atoms with Crippen molar-refractivity contribution in [2.24, 2.45) is 5.41 Å². The predicted octanol–water partition coefficient (Wildman–Crippen LogP) is 1.88. The van der Waals surface area contributed by atoms with E-state index in [1.54, 1.807) is 0 Å². The molecule has 2 heteroatoms. The molecule has 1 aliphatic rings. The SMILES string of the molecule is CC(O)CCN1CCCC(C)(C)C1. The molecular formula is C11H23NO. The minimum atomic E-state index is -0.148. The van der Waals surface area contributed by atoms with Crippen molar-refractivity contribution in [2.75, 3.05) is 19.6 Å². The van der Waals surface area contributed by atoms with E-state index in [0.29, 0.717) is 5.41 Å². The highest BCUT2D eigenvalue weighted by molar-refractivity contribution is 4.79. The van der Waals surface area contributed by atoms with Crippen molar-refractivity contribution in [1.29, 1.82) is 0 Å². The van der Waals surface area contributed by atoms with Gasteiger partial charge in [-0.2, -0.15) is 0 Å². The lowest BCUT2D eigenvalue weighted by atomic mass is 9.84. The molecule has 1 aliphatic heterocycles. The molecule has 1 fully saturated rings. The molecule has 0 saturated carbocycles. The van der Waals surface area contributed by atoms with Crippen molar-refractivity contribution in [3.05, 3.63) is 0 Å². The maximum absolute atomic E-state index is 9.19. The van der Waals surface area contributed by atoms with Crippen LogP contribution in [0, 0.1) is 5.41 Å². The molecule has 0 spiro atoms. The van der Waals surface area contributed by atoms with E-state index in [0.717, 1.165) is 13.0 Å². The number of nitrogens with zero attached hydrogens (tertiary/aromatic N) is 1. The van der Waals surface area contributed by atoms with Crippen LogP contribution in [0.3, 0.4) is 0 Å². The average Bonchev–Trinajstić information content (AvgIpc) is 1.99. The molecule has 13 heavy (non-hydrogen) atoms. The fourth-order valence-electron chi connectivity index (χ4n) is 2.10. The molecule has 0 aliphatic carbocycles. The lowest BCUT2D eigenvalue weighted by Crippen LogP contribution is -2.41. The fourth-order valence-corrected chi connectivity index (χ4v) is 2.10. The first-order valence-electron chi connectivity index (χ1n) is 5.40. The molecule has 78 valence electrons. The molecule has 1 N–H and O–H groups in total. The molecule has 2 nitrogen and oxygen atoms in total. The average molecular weight is 185 g/mol. The summed E-state index contributed by atoms with van der Waals surface area (Å²) in [4.78, 5) is 2.48. The van der Waals surface area contributed by atoms with Crippen LogP contribution in [0.2, 0.25) is 0 Å². The molecule has 0 amide bonds. The Kier molecular flexibility index (Phi) is 3.74. The highest BCUT2D eigenvalue weighted by Gasteiger charge is 2.25. The lowest BCUT2D eigenvalue weighted by Gasteiger charge is -2.38. The first-order chi connectivity index (χ1) is 5.99. The summed E-state index contributed by atoms with van der Waals surface area (Å²) in [6, 6.07) is 0. The third kappa shape index (κ3) is 4.10. The third-order valence-electron chi connectivity index (χ3n) is 2.84. The van der Waals surface area contributed by atoms with E-state index in [1.165, 1.54) is 25.9 Å². The van der Waals surface area contributed by atoms with Gasteiger partial charge in [0.05, 0.1) is 6.10 Å². The summed E-state index contributed by atoms with van der Waals surface area (Å²) in [5, 5.41) is 9.19. The van der Waals surface area contributed by atoms with Crippen LogP contribution in [0.5, 0.6) is 0 Å². The van der Waals surface area contributed by atoms with E-state index >= 15 is 0 Å². The highest BCUT2D eigenvalue weighted by atomic mass is 16.3. The Morgan fingerprint density at radius 3 is 2.69 bits per heavy atom. The molecule has 1 unspecified atom stereocenters. The van der Waals surface area contributed by atoms with Crippen molar-refractivity contribution in [3.63, 3.8) is 0 Å². The monoisotopic (exact) mass is 185 g/mol. The van der Waals surface area contributed by atoms with Crippen LogP contribution in [0.15, 0.2) is 0 Å². The summed E-state index contributed by atoms with van der Waals surface area (Å²) in [5.74, 6) is 0. The van der Waals surface area contributed by atoms with Gasteiger partial charge in [-0.3, -0.25) is 0 Å². The van der Waals surface area contributed by atoms with Crippen LogP contribution >= 0.6 is 0 Å². The fraction of sp³-hybridized carbons (Fsp3) is 1.00. The highest BCUT2D eigenvalue weighted by Crippen LogP contribution is 2.28. The van der Waals surface area contributed by atoms with Gasteiger partial charge in [-0.1, -0.05) is 13.8 Å². The molecule has 0 aromatic carbocycles.